The standard InChI is InChI=1S/C24H28FN5O2S/c1-16-5-6-17(2)21(12-16)27-23(31)15-33-24-29-28-22(30(24)14-20-4-3-11-32-20)13-26-19-9-7-18(25)8-10-19/h5-10,12,20,26H,3-4,11,13-15H2,1-2H3,(H,27,31). The number of carbonyl (C=O) groups is 1. The molecule has 33 heavy (non-hydrogen) atoms. The van der Waals surface area contributed by atoms with E-state index in [9.17, 15) is 9.18 Å². The molecule has 0 saturated carbocycles. The molecule has 1 aliphatic rings. The monoisotopic (exact) mass is 469 g/mol. The lowest BCUT2D eigenvalue weighted by Crippen LogP contribution is -2.20. The van der Waals surface area contributed by atoms with Crippen LogP contribution in [0.2, 0.25) is 0 Å². The number of hydrogen-bond acceptors (Lipinski definition) is 6. The number of halogens is 1. The zero-order valence-electron chi connectivity index (χ0n) is 18.8. The van der Waals surface area contributed by atoms with E-state index in [1.807, 2.05) is 36.6 Å². The highest BCUT2D eigenvalue weighted by Gasteiger charge is 2.21. The lowest BCUT2D eigenvalue weighted by molar-refractivity contribution is -0.113. The molecule has 1 atom stereocenters. The number of benzene rings is 2. The molecule has 0 bridgehead atoms. The number of nitrogens with zero attached hydrogens (tertiary/aromatic N) is 3. The second kappa shape index (κ2) is 10.8. The summed E-state index contributed by atoms with van der Waals surface area (Å²) in [5.41, 5.74) is 3.74. The van der Waals surface area contributed by atoms with E-state index >= 15 is 0 Å². The predicted molar refractivity (Wildman–Crippen MR) is 128 cm³/mol. The van der Waals surface area contributed by atoms with Gasteiger partial charge in [0.2, 0.25) is 5.91 Å². The summed E-state index contributed by atoms with van der Waals surface area (Å²) in [4.78, 5) is 12.6. The zero-order valence-corrected chi connectivity index (χ0v) is 19.6. The van der Waals surface area contributed by atoms with Gasteiger partial charge >= 0.3 is 0 Å². The van der Waals surface area contributed by atoms with Crippen LogP contribution in [0.3, 0.4) is 0 Å². The van der Waals surface area contributed by atoms with Gasteiger partial charge in [0.15, 0.2) is 11.0 Å². The molecule has 1 unspecified atom stereocenters. The van der Waals surface area contributed by atoms with Crippen LogP contribution in [0.1, 0.15) is 29.8 Å². The largest absolute Gasteiger partial charge is 0.378 e. The third-order valence-corrected chi connectivity index (χ3v) is 6.46. The van der Waals surface area contributed by atoms with Gasteiger partial charge in [0.1, 0.15) is 5.82 Å². The van der Waals surface area contributed by atoms with Crippen molar-refractivity contribution in [3.05, 3.63) is 65.2 Å². The van der Waals surface area contributed by atoms with Crippen LogP contribution in [-0.4, -0.2) is 39.1 Å². The molecule has 174 valence electrons. The molecule has 3 aromatic rings. The topological polar surface area (TPSA) is 81.1 Å². The molecule has 9 heteroatoms. The van der Waals surface area contributed by atoms with Crippen LogP contribution >= 0.6 is 11.8 Å². The van der Waals surface area contributed by atoms with E-state index < -0.39 is 0 Å². The minimum atomic E-state index is -0.278. The van der Waals surface area contributed by atoms with E-state index in [1.165, 1.54) is 23.9 Å². The summed E-state index contributed by atoms with van der Waals surface area (Å²) in [6.45, 7) is 5.80. The summed E-state index contributed by atoms with van der Waals surface area (Å²) in [7, 11) is 0. The van der Waals surface area contributed by atoms with Crippen LogP contribution in [-0.2, 0) is 22.6 Å². The van der Waals surface area contributed by atoms with Gasteiger partial charge in [-0.15, -0.1) is 10.2 Å². The molecule has 0 radical (unpaired) electrons. The van der Waals surface area contributed by atoms with Gasteiger partial charge in [-0.3, -0.25) is 4.79 Å². The van der Waals surface area contributed by atoms with E-state index in [1.54, 1.807) is 12.1 Å². The number of ether oxygens (including phenoxy) is 1. The molecular weight excluding hydrogens is 441 g/mol. The number of aromatic nitrogens is 3. The first kappa shape index (κ1) is 23.3. The summed E-state index contributed by atoms with van der Waals surface area (Å²) in [6, 6.07) is 12.2. The molecule has 1 saturated heterocycles. The smallest absolute Gasteiger partial charge is 0.234 e. The maximum Gasteiger partial charge on any atom is 0.234 e. The Hall–Kier alpha value is -2.91. The Morgan fingerprint density at radius 2 is 2.03 bits per heavy atom. The Labute approximate surface area is 197 Å². The van der Waals surface area contributed by atoms with E-state index in [0.717, 1.165) is 47.8 Å². The van der Waals surface area contributed by atoms with Gasteiger partial charge in [0.25, 0.3) is 0 Å². The zero-order chi connectivity index (χ0) is 23.2. The molecule has 1 amide bonds. The summed E-state index contributed by atoms with van der Waals surface area (Å²) in [5, 5.41) is 15.6. The van der Waals surface area contributed by atoms with Crippen LogP contribution in [0.4, 0.5) is 15.8 Å². The first-order valence-electron chi connectivity index (χ1n) is 11.0. The summed E-state index contributed by atoms with van der Waals surface area (Å²) in [6.07, 6.45) is 2.13. The Morgan fingerprint density at radius 3 is 2.79 bits per heavy atom. The van der Waals surface area contributed by atoms with Crippen LogP contribution in [0.5, 0.6) is 0 Å². The quantitative estimate of drug-likeness (QED) is 0.448. The van der Waals surface area contributed by atoms with Crippen LogP contribution in [0, 0.1) is 19.7 Å². The minimum absolute atomic E-state index is 0.0913. The SMILES string of the molecule is Cc1ccc(C)c(NC(=O)CSc2nnc(CNc3ccc(F)cc3)n2CC2CCCO2)c1. The second-order valence-electron chi connectivity index (χ2n) is 8.16. The average molecular weight is 470 g/mol. The molecule has 1 aromatic heterocycles. The predicted octanol–water partition coefficient (Wildman–Crippen LogP) is 4.56. The van der Waals surface area contributed by atoms with Crippen molar-refractivity contribution in [3.63, 3.8) is 0 Å². The number of rotatable bonds is 9. The average Bonchev–Trinajstić information content (AvgIpc) is 3.45. The molecule has 0 aliphatic carbocycles. The Balaban J connectivity index is 1.42. The molecule has 0 spiro atoms. The summed E-state index contributed by atoms with van der Waals surface area (Å²) >= 11 is 1.36. The molecule has 2 heterocycles. The Morgan fingerprint density at radius 1 is 1.21 bits per heavy atom. The van der Waals surface area contributed by atoms with Gasteiger partial charge in [0, 0.05) is 18.0 Å². The highest BCUT2D eigenvalue weighted by Crippen LogP contribution is 2.23. The van der Waals surface area contributed by atoms with Crippen molar-refractivity contribution in [3.8, 4) is 0 Å². The fraction of sp³-hybridized carbons (Fsp3) is 0.375. The molecule has 4 rings (SSSR count). The van der Waals surface area contributed by atoms with Gasteiger partial charge in [-0.2, -0.15) is 0 Å². The van der Waals surface area contributed by atoms with E-state index in [2.05, 4.69) is 20.8 Å². The highest BCUT2D eigenvalue weighted by molar-refractivity contribution is 7.99. The molecule has 1 fully saturated rings. The van der Waals surface area contributed by atoms with Crippen LogP contribution in [0.25, 0.3) is 0 Å². The van der Waals surface area contributed by atoms with Gasteiger partial charge in [-0.05, 0) is 68.1 Å². The number of nitrogens with one attached hydrogen (secondary N) is 2. The Bertz CT molecular complexity index is 1100. The lowest BCUT2D eigenvalue weighted by Gasteiger charge is -2.15. The minimum Gasteiger partial charge on any atom is -0.378 e. The van der Waals surface area contributed by atoms with Gasteiger partial charge in [-0.1, -0.05) is 23.9 Å². The van der Waals surface area contributed by atoms with Crippen molar-refractivity contribution in [2.75, 3.05) is 23.0 Å². The van der Waals surface area contributed by atoms with Gasteiger partial charge < -0.3 is 19.9 Å². The van der Waals surface area contributed by atoms with Crippen LogP contribution < -0.4 is 10.6 Å². The third kappa shape index (κ3) is 6.33. The number of anilines is 2. The van der Waals surface area contributed by atoms with Crippen molar-refractivity contribution < 1.29 is 13.9 Å². The van der Waals surface area contributed by atoms with Crippen molar-refractivity contribution in [2.24, 2.45) is 0 Å². The summed E-state index contributed by atoms with van der Waals surface area (Å²) < 4.78 is 21.0. The normalized spacial score (nSPS) is 15.5. The van der Waals surface area contributed by atoms with Crippen molar-refractivity contribution in [2.45, 2.75) is 51.0 Å². The number of hydrogen-bond donors (Lipinski definition) is 2. The van der Waals surface area contributed by atoms with Crippen molar-refractivity contribution in [1.82, 2.24) is 14.8 Å². The Kier molecular flexibility index (Phi) is 7.61. The molecule has 7 nitrogen and oxygen atoms in total. The van der Waals surface area contributed by atoms with Gasteiger partial charge in [0.05, 0.1) is 24.9 Å². The first-order chi connectivity index (χ1) is 16.0. The molecule has 2 aromatic carbocycles. The van der Waals surface area contributed by atoms with E-state index in [4.69, 9.17) is 4.74 Å². The van der Waals surface area contributed by atoms with Crippen LogP contribution in [0.15, 0.2) is 47.6 Å². The fourth-order valence-electron chi connectivity index (χ4n) is 3.67. The first-order valence-corrected chi connectivity index (χ1v) is 12.0. The summed E-state index contributed by atoms with van der Waals surface area (Å²) in [5.74, 6) is 0.598. The number of thioether (sulfide) groups is 1. The highest BCUT2D eigenvalue weighted by atomic mass is 32.2. The van der Waals surface area contributed by atoms with Crippen molar-refractivity contribution >= 4 is 29.0 Å². The number of amides is 1. The molecular formula is C24H28FN5O2S. The molecule has 2 N–H and O–H groups in total. The van der Waals surface area contributed by atoms with Crippen molar-refractivity contribution in [1.29, 1.82) is 0 Å². The number of aryl methyl sites for hydroxylation is 2. The maximum atomic E-state index is 13.2. The lowest BCUT2D eigenvalue weighted by atomic mass is 10.1. The third-order valence-electron chi connectivity index (χ3n) is 5.50. The maximum absolute atomic E-state index is 13.2. The fourth-order valence-corrected chi connectivity index (χ4v) is 4.43. The van der Waals surface area contributed by atoms with E-state index in [-0.39, 0.29) is 23.6 Å². The van der Waals surface area contributed by atoms with E-state index in [0.29, 0.717) is 18.2 Å². The number of carbonyl (C=O) groups excluding carboxylic acids is 1. The van der Waals surface area contributed by atoms with Gasteiger partial charge in [-0.25, -0.2) is 4.39 Å². The molecule has 1 aliphatic heterocycles. The second-order valence-corrected chi connectivity index (χ2v) is 9.10.